The second kappa shape index (κ2) is 16.4. The van der Waals surface area contributed by atoms with Gasteiger partial charge in [-0.15, -0.1) is 0 Å². The summed E-state index contributed by atoms with van der Waals surface area (Å²) < 4.78 is 0. The number of hydrogen-bond acceptors (Lipinski definition) is 4. The second-order valence-electron chi connectivity index (χ2n) is 5.37. The number of carbonyl (C=O) groups is 2. The fourth-order valence-electron chi connectivity index (χ4n) is 2.24. The van der Waals surface area contributed by atoms with Gasteiger partial charge in [0.05, 0.1) is 5.56 Å². The SMILES string of the molecule is O=C([O-])CCCCCCCCCNC(=O)c1ccccc1O.[Na+].[Na+]. The molecule has 0 atom stereocenters. The van der Waals surface area contributed by atoms with Crippen LogP contribution in [0.25, 0.3) is 0 Å². The predicted octanol–water partition coefficient (Wildman–Crippen LogP) is -4.00. The maximum absolute atomic E-state index is 11.8. The van der Waals surface area contributed by atoms with Crippen molar-refractivity contribution >= 4 is 11.9 Å². The zero-order chi connectivity index (χ0) is 16.2. The number of aromatic hydroxyl groups is 1. The maximum atomic E-state index is 11.8. The molecule has 1 aromatic carbocycles. The summed E-state index contributed by atoms with van der Waals surface area (Å²) in [5, 5.41) is 22.6. The molecule has 0 fully saturated rings. The van der Waals surface area contributed by atoms with Gasteiger partial charge in [-0.2, -0.15) is 0 Å². The molecule has 0 heterocycles. The number of phenols is 1. The minimum Gasteiger partial charge on any atom is -0.550 e. The van der Waals surface area contributed by atoms with Crippen LogP contribution in [0.2, 0.25) is 0 Å². The number of carbonyl (C=O) groups excluding carboxylic acids is 2. The number of amides is 1. The normalized spacial score (nSPS) is 9.50. The molecule has 5 nitrogen and oxygen atoms in total. The number of benzene rings is 1. The topological polar surface area (TPSA) is 89.5 Å². The Kier molecular flexibility index (Phi) is 17.9. The van der Waals surface area contributed by atoms with Crippen LogP contribution in [0.3, 0.4) is 0 Å². The van der Waals surface area contributed by atoms with Crippen LogP contribution < -0.4 is 69.5 Å². The van der Waals surface area contributed by atoms with E-state index in [0.717, 1.165) is 38.5 Å². The van der Waals surface area contributed by atoms with Gasteiger partial charge >= 0.3 is 59.1 Å². The smallest absolute Gasteiger partial charge is 0.550 e. The van der Waals surface area contributed by atoms with Crippen molar-refractivity contribution in [2.75, 3.05) is 6.54 Å². The quantitative estimate of drug-likeness (QED) is 0.314. The first kappa shape index (κ1) is 26.2. The molecule has 0 radical (unpaired) electrons. The molecule has 0 saturated carbocycles. The molecule has 122 valence electrons. The van der Waals surface area contributed by atoms with E-state index < -0.39 is 5.97 Å². The van der Waals surface area contributed by atoms with Gasteiger partial charge in [0, 0.05) is 12.5 Å². The molecule has 0 aliphatic carbocycles. The molecule has 2 N–H and O–H groups in total. The van der Waals surface area contributed by atoms with Crippen LogP contribution in [0.15, 0.2) is 24.3 Å². The number of para-hydroxylation sites is 1. The van der Waals surface area contributed by atoms with Crippen molar-refractivity contribution in [3.8, 4) is 5.75 Å². The number of unbranched alkanes of at least 4 members (excludes halogenated alkanes) is 6. The fraction of sp³-hybridized carbons (Fsp3) is 0.529. The van der Waals surface area contributed by atoms with Crippen molar-refractivity contribution < 1.29 is 78.9 Å². The van der Waals surface area contributed by atoms with E-state index in [1.54, 1.807) is 18.2 Å². The Bertz CT molecular complexity index is 483. The van der Waals surface area contributed by atoms with Crippen molar-refractivity contribution in [3.05, 3.63) is 29.8 Å². The molecular formula is C17H24NNa2O4+. The number of phenolic OH excluding ortho intramolecular Hbond substituents is 1. The van der Waals surface area contributed by atoms with Gasteiger partial charge in [0.25, 0.3) is 5.91 Å². The van der Waals surface area contributed by atoms with Gasteiger partial charge in [-0.1, -0.05) is 44.2 Å². The number of rotatable bonds is 11. The Morgan fingerprint density at radius 1 is 0.917 bits per heavy atom. The summed E-state index contributed by atoms with van der Waals surface area (Å²) in [4.78, 5) is 22.0. The van der Waals surface area contributed by atoms with Crippen molar-refractivity contribution in [1.29, 1.82) is 0 Å². The summed E-state index contributed by atoms with van der Waals surface area (Å²) in [6.07, 6.45) is 6.91. The number of carboxylic acid groups (broad SMARTS) is 1. The molecule has 0 unspecified atom stereocenters. The molecule has 1 aromatic rings. The Morgan fingerprint density at radius 2 is 1.46 bits per heavy atom. The van der Waals surface area contributed by atoms with Gasteiger partial charge in [-0.3, -0.25) is 4.79 Å². The molecular weight excluding hydrogens is 328 g/mol. The molecule has 0 spiro atoms. The molecule has 0 aliphatic rings. The minimum absolute atomic E-state index is 0. The van der Waals surface area contributed by atoms with Crippen molar-refractivity contribution in [3.63, 3.8) is 0 Å². The van der Waals surface area contributed by atoms with Gasteiger partial charge in [-0.25, -0.2) is 0 Å². The Hall–Kier alpha value is -0.0400. The van der Waals surface area contributed by atoms with E-state index in [-0.39, 0.29) is 77.2 Å². The predicted molar refractivity (Wildman–Crippen MR) is 82.4 cm³/mol. The molecule has 0 aliphatic heterocycles. The van der Waals surface area contributed by atoms with Crippen LogP contribution in [-0.2, 0) is 4.79 Å². The first-order valence-corrected chi connectivity index (χ1v) is 7.87. The average Bonchev–Trinajstić information content (AvgIpc) is 2.49. The van der Waals surface area contributed by atoms with Gasteiger partial charge in [0.1, 0.15) is 5.75 Å². The van der Waals surface area contributed by atoms with Crippen LogP contribution in [0, 0.1) is 0 Å². The molecule has 0 aromatic heterocycles. The zero-order valence-corrected chi connectivity index (χ0v) is 18.8. The van der Waals surface area contributed by atoms with Gasteiger partial charge in [0.15, 0.2) is 0 Å². The minimum atomic E-state index is -0.972. The van der Waals surface area contributed by atoms with Crippen LogP contribution in [0.4, 0.5) is 0 Å². The molecule has 1 amide bonds. The summed E-state index contributed by atoms with van der Waals surface area (Å²) in [5.74, 6) is -1.22. The van der Waals surface area contributed by atoms with E-state index in [9.17, 15) is 19.8 Å². The third-order valence-electron chi connectivity index (χ3n) is 3.49. The van der Waals surface area contributed by atoms with E-state index in [0.29, 0.717) is 18.5 Å². The van der Waals surface area contributed by atoms with E-state index in [4.69, 9.17) is 0 Å². The molecule has 0 saturated heterocycles. The van der Waals surface area contributed by atoms with E-state index in [1.165, 1.54) is 6.07 Å². The first-order valence-electron chi connectivity index (χ1n) is 7.87. The van der Waals surface area contributed by atoms with E-state index >= 15 is 0 Å². The molecule has 1 rings (SSSR count). The van der Waals surface area contributed by atoms with Crippen LogP contribution in [0.1, 0.15) is 61.7 Å². The third kappa shape index (κ3) is 12.3. The molecule has 0 bridgehead atoms. The van der Waals surface area contributed by atoms with Crippen molar-refractivity contribution in [2.45, 2.75) is 51.4 Å². The summed E-state index contributed by atoms with van der Waals surface area (Å²) in [7, 11) is 0. The summed E-state index contributed by atoms with van der Waals surface area (Å²) in [6, 6.07) is 6.49. The van der Waals surface area contributed by atoms with Gasteiger partial charge < -0.3 is 20.3 Å². The van der Waals surface area contributed by atoms with Gasteiger partial charge in [0.2, 0.25) is 0 Å². The Labute approximate surface area is 188 Å². The Balaban J connectivity index is 0. The van der Waals surface area contributed by atoms with Crippen LogP contribution in [0.5, 0.6) is 5.75 Å². The summed E-state index contributed by atoms with van der Waals surface area (Å²) in [5.41, 5.74) is 0.301. The van der Waals surface area contributed by atoms with E-state index in [1.807, 2.05) is 0 Å². The average molecular weight is 352 g/mol. The third-order valence-corrected chi connectivity index (χ3v) is 3.49. The monoisotopic (exact) mass is 352 g/mol. The fourth-order valence-corrected chi connectivity index (χ4v) is 2.24. The largest absolute Gasteiger partial charge is 1.00 e. The van der Waals surface area contributed by atoms with Crippen molar-refractivity contribution in [2.24, 2.45) is 0 Å². The summed E-state index contributed by atoms with van der Waals surface area (Å²) in [6.45, 7) is 0.595. The maximum Gasteiger partial charge on any atom is 1.00 e. The number of hydrogen-bond donors (Lipinski definition) is 2. The van der Waals surface area contributed by atoms with Crippen molar-refractivity contribution in [1.82, 2.24) is 5.32 Å². The van der Waals surface area contributed by atoms with Crippen LogP contribution >= 0.6 is 0 Å². The number of carboxylic acids is 1. The van der Waals surface area contributed by atoms with Gasteiger partial charge in [-0.05, 0) is 31.4 Å². The number of aliphatic carboxylic acids is 1. The van der Waals surface area contributed by atoms with E-state index in [2.05, 4.69) is 5.32 Å². The summed E-state index contributed by atoms with van der Waals surface area (Å²) >= 11 is 0. The number of nitrogens with one attached hydrogen (secondary N) is 1. The first-order chi connectivity index (χ1) is 10.6. The second-order valence-corrected chi connectivity index (χ2v) is 5.37. The standard InChI is InChI=1S/C17H25NO4.2Na/c19-15-11-8-7-10-14(15)17(22)18-13-9-5-3-1-2-4-6-12-16(20)21;;/h7-8,10-11,19H,1-6,9,12-13H2,(H,18,22)(H,20,21);;/q;2*+1/p-1. The molecule has 7 heteroatoms. The zero-order valence-electron chi connectivity index (χ0n) is 14.8. The van der Waals surface area contributed by atoms with Crippen LogP contribution in [-0.4, -0.2) is 23.5 Å². The molecule has 24 heavy (non-hydrogen) atoms. The Morgan fingerprint density at radius 3 is 2.04 bits per heavy atom.